The highest BCUT2D eigenvalue weighted by molar-refractivity contribution is 5.97. The van der Waals surface area contributed by atoms with Crippen LogP contribution in [-0.4, -0.2) is 50.6 Å². The second-order valence-electron chi connectivity index (χ2n) is 5.14. The number of likely N-dealkylation sites (N-methyl/N-ethyl adjacent to an activating group) is 2. The minimum Gasteiger partial charge on any atom is -0.493 e. The van der Waals surface area contributed by atoms with Crippen molar-refractivity contribution in [3.05, 3.63) is 35.9 Å². The van der Waals surface area contributed by atoms with Crippen LogP contribution in [-0.2, 0) is 11.2 Å². The first-order valence-electron chi connectivity index (χ1n) is 7.94. The molecule has 0 spiro atoms. The number of hydrogen-bond donors (Lipinski definition) is 1. The molecule has 1 aromatic carbocycles. The van der Waals surface area contributed by atoms with Crippen LogP contribution in [0.3, 0.4) is 0 Å². The standard InChI is InChI=1S/C18H26N2O4/c1-6-9-13-10-14(11-15(23-4)17(13)24-5)18(22)20(8-3)12-16(21)19-7-2/h6,10-11H,1,7-9,12H2,2-5H3,(H,19,21). The van der Waals surface area contributed by atoms with E-state index in [4.69, 9.17) is 9.47 Å². The molecule has 0 saturated heterocycles. The molecule has 6 nitrogen and oxygen atoms in total. The molecule has 0 radical (unpaired) electrons. The van der Waals surface area contributed by atoms with Crippen molar-refractivity contribution < 1.29 is 19.1 Å². The molecule has 0 aliphatic rings. The maximum atomic E-state index is 12.8. The number of allylic oxidation sites excluding steroid dienone is 1. The lowest BCUT2D eigenvalue weighted by Crippen LogP contribution is -2.40. The van der Waals surface area contributed by atoms with Gasteiger partial charge in [0, 0.05) is 24.2 Å². The number of rotatable bonds is 9. The Balaban J connectivity index is 3.18. The summed E-state index contributed by atoms with van der Waals surface area (Å²) in [4.78, 5) is 26.0. The molecule has 1 aromatic rings. The number of carbonyl (C=O) groups excluding carboxylic acids is 2. The minimum absolute atomic E-state index is 0.0221. The first kappa shape index (κ1) is 19.5. The second-order valence-corrected chi connectivity index (χ2v) is 5.14. The van der Waals surface area contributed by atoms with E-state index in [0.29, 0.717) is 36.6 Å². The largest absolute Gasteiger partial charge is 0.493 e. The van der Waals surface area contributed by atoms with Crippen LogP contribution in [0.25, 0.3) is 0 Å². The molecular formula is C18H26N2O4. The van der Waals surface area contributed by atoms with Crippen LogP contribution in [0, 0.1) is 0 Å². The number of nitrogens with zero attached hydrogens (tertiary/aromatic N) is 1. The van der Waals surface area contributed by atoms with E-state index >= 15 is 0 Å². The van der Waals surface area contributed by atoms with E-state index in [1.807, 2.05) is 13.8 Å². The lowest BCUT2D eigenvalue weighted by Gasteiger charge is -2.21. The molecular weight excluding hydrogens is 308 g/mol. The Morgan fingerprint density at radius 1 is 1.25 bits per heavy atom. The molecule has 0 aromatic heterocycles. The molecule has 1 N–H and O–H groups in total. The van der Waals surface area contributed by atoms with E-state index in [1.54, 1.807) is 25.3 Å². The quantitative estimate of drug-likeness (QED) is 0.702. The van der Waals surface area contributed by atoms with Crippen molar-refractivity contribution >= 4 is 11.8 Å². The van der Waals surface area contributed by atoms with E-state index < -0.39 is 0 Å². The number of methoxy groups -OCH3 is 2. The maximum Gasteiger partial charge on any atom is 0.254 e. The van der Waals surface area contributed by atoms with E-state index in [0.717, 1.165) is 5.56 Å². The van der Waals surface area contributed by atoms with Crippen LogP contribution in [0.1, 0.15) is 29.8 Å². The highest BCUT2D eigenvalue weighted by Crippen LogP contribution is 2.33. The predicted molar refractivity (Wildman–Crippen MR) is 93.7 cm³/mol. The van der Waals surface area contributed by atoms with Crippen LogP contribution < -0.4 is 14.8 Å². The lowest BCUT2D eigenvalue weighted by atomic mass is 10.0. The topological polar surface area (TPSA) is 67.9 Å². The number of carbonyl (C=O) groups is 2. The third-order valence-electron chi connectivity index (χ3n) is 3.54. The first-order valence-corrected chi connectivity index (χ1v) is 7.94. The van der Waals surface area contributed by atoms with Gasteiger partial charge in [0.1, 0.15) is 0 Å². The number of benzene rings is 1. The molecule has 6 heteroatoms. The van der Waals surface area contributed by atoms with Gasteiger partial charge in [-0.15, -0.1) is 6.58 Å². The second kappa shape index (κ2) is 9.60. The molecule has 0 aliphatic carbocycles. The van der Waals surface area contributed by atoms with Gasteiger partial charge in [0.05, 0.1) is 20.8 Å². The van der Waals surface area contributed by atoms with E-state index in [-0.39, 0.29) is 18.4 Å². The fourth-order valence-corrected chi connectivity index (χ4v) is 2.41. The zero-order valence-corrected chi connectivity index (χ0v) is 14.8. The fraction of sp³-hybridized carbons (Fsp3) is 0.444. The van der Waals surface area contributed by atoms with Crippen molar-refractivity contribution in [3.8, 4) is 11.5 Å². The Labute approximate surface area is 143 Å². The minimum atomic E-state index is -0.227. The summed E-state index contributed by atoms with van der Waals surface area (Å²) >= 11 is 0. The van der Waals surface area contributed by atoms with Crippen molar-refractivity contribution in [1.82, 2.24) is 10.2 Å². The van der Waals surface area contributed by atoms with Gasteiger partial charge in [0.2, 0.25) is 5.91 Å². The third-order valence-corrected chi connectivity index (χ3v) is 3.54. The number of amides is 2. The Morgan fingerprint density at radius 2 is 1.96 bits per heavy atom. The smallest absolute Gasteiger partial charge is 0.254 e. The van der Waals surface area contributed by atoms with Crippen LogP contribution in [0.15, 0.2) is 24.8 Å². The summed E-state index contributed by atoms with van der Waals surface area (Å²) in [5.41, 5.74) is 1.26. The van der Waals surface area contributed by atoms with Gasteiger partial charge in [-0.25, -0.2) is 0 Å². The molecule has 2 amide bonds. The van der Waals surface area contributed by atoms with E-state index in [1.165, 1.54) is 12.0 Å². The van der Waals surface area contributed by atoms with Crippen LogP contribution in [0.2, 0.25) is 0 Å². The Kier molecular flexibility index (Phi) is 7.82. The van der Waals surface area contributed by atoms with Gasteiger partial charge in [-0.3, -0.25) is 9.59 Å². The van der Waals surface area contributed by atoms with Gasteiger partial charge in [-0.05, 0) is 32.4 Å². The SMILES string of the molecule is C=CCc1cc(C(=O)N(CC)CC(=O)NCC)cc(OC)c1OC. The number of hydrogen-bond acceptors (Lipinski definition) is 4. The summed E-state index contributed by atoms with van der Waals surface area (Å²) in [6.07, 6.45) is 2.28. The van der Waals surface area contributed by atoms with Crippen molar-refractivity contribution in [2.75, 3.05) is 33.9 Å². The van der Waals surface area contributed by atoms with Crippen LogP contribution in [0.5, 0.6) is 11.5 Å². The fourth-order valence-electron chi connectivity index (χ4n) is 2.41. The summed E-state index contributed by atoms with van der Waals surface area (Å²) in [6, 6.07) is 3.39. The summed E-state index contributed by atoms with van der Waals surface area (Å²) in [6.45, 7) is 8.39. The summed E-state index contributed by atoms with van der Waals surface area (Å²) in [5.74, 6) is 0.657. The zero-order valence-electron chi connectivity index (χ0n) is 14.8. The van der Waals surface area contributed by atoms with Crippen molar-refractivity contribution in [1.29, 1.82) is 0 Å². The van der Waals surface area contributed by atoms with E-state index in [9.17, 15) is 9.59 Å². The average Bonchev–Trinajstić information content (AvgIpc) is 2.58. The van der Waals surface area contributed by atoms with Crippen molar-refractivity contribution in [2.45, 2.75) is 20.3 Å². The van der Waals surface area contributed by atoms with E-state index in [2.05, 4.69) is 11.9 Å². The normalized spacial score (nSPS) is 10.0. The van der Waals surface area contributed by atoms with Gasteiger partial charge in [-0.2, -0.15) is 0 Å². The van der Waals surface area contributed by atoms with Gasteiger partial charge in [-0.1, -0.05) is 6.08 Å². The predicted octanol–water partition coefficient (Wildman–Crippen LogP) is 2.03. The Morgan fingerprint density at radius 3 is 2.46 bits per heavy atom. The van der Waals surface area contributed by atoms with Crippen LogP contribution >= 0.6 is 0 Å². The molecule has 0 heterocycles. The monoisotopic (exact) mass is 334 g/mol. The van der Waals surface area contributed by atoms with Gasteiger partial charge >= 0.3 is 0 Å². The summed E-state index contributed by atoms with van der Waals surface area (Å²) in [5, 5.41) is 2.70. The highest BCUT2D eigenvalue weighted by Gasteiger charge is 2.21. The average molecular weight is 334 g/mol. The first-order chi connectivity index (χ1) is 11.5. The van der Waals surface area contributed by atoms with Gasteiger partial charge in [0.25, 0.3) is 5.91 Å². The van der Waals surface area contributed by atoms with Crippen molar-refractivity contribution in [3.63, 3.8) is 0 Å². The molecule has 0 unspecified atom stereocenters. The molecule has 1 rings (SSSR count). The molecule has 24 heavy (non-hydrogen) atoms. The molecule has 0 bridgehead atoms. The lowest BCUT2D eigenvalue weighted by molar-refractivity contribution is -0.121. The third kappa shape index (κ3) is 4.75. The molecule has 0 aliphatic heterocycles. The zero-order chi connectivity index (χ0) is 18.1. The van der Waals surface area contributed by atoms with Crippen LogP contribution in [0.4, 0.5) is 0 Å². The highest BCUT2D eigenvalue weighted by atomic mass is 16.5. The Bertz CT molecular complexity index is 599. The van der Waals surface area contributed by atoms with Crippen molar-refractivity contribution in [2.24, 2.45) is 0 Å². The summed E-state index contributed by atoms with van der Waals surface area (Å²) in [7, 11) is 3.08. The molecule has 132 valence electrons. The Hall–Kier alpha value is -2.50. The number of ether oxygens (including phenoxy) is 2. The summed E-state index contributed by atoms with van der Waals surface area (Å²) < 4.78 is 10.7. The van der Waals surface area contributed by atoms with Gasteiger partial charge < -0.3 is 19.7 Å². The maximum absolute atomic E-state index is 12.8. The van der Waals surface area contributed by atoms with Gasteiger partial charge in [0.15, 0.2) is 11.5 Å². The molecule has 0 fully saturated rings. The number of nitrogens with one attached hydrogen (secondary N) is 1. The molecule has 0 atom stereocenters. The molecule has 0 saturated carbocycles.